The Hall–Kier alpha value is -1.88. The first-order chi connectivity index (χ1) is 12.2. The van der Waals surface area contributed by atoms with Gasteiger partial charge in [0.1, 0.15) is 11.5 Å². The van der Waals surface area contributed by atoms with Crippen LogP contribution in [0.15, 0.2) is 30.6 Å². The molecule has 0 bridgehead atoms. The molecule has 0 saturated carbocycles. The van der Waals surface area contributed by atoms with Crippen LogP contribution in [0.4, 0.5) is 0 Å². The van der Waals surface area contributed by atoms with Crippen LogP contribution in [-0.2, 0) is 0 Å². The maximum absolute atomic E-state index is 6.77. The highest BCUT2D eigenvalue weighted by Gasteiger charge is 2.47. The van der Waals surface area contributed by atoms with Gasteiger partial charge in [0.25, 0.3) is 8.32 Å². The van der Waals surface area contributed by atoms with Gasteiger partial charge in [-0.3, -0.25) is 9.97 Å². The van der Waals surface area contributed by atoms with Crippen molar-refractivity contribution in [3.05, 3.63) is 36.3 Å². The summed E-state index contributed by atoms with van der Waals surface area (Å²) < 4.78 is 12.4. The molecule has 0 amide bonds. The summed E-state index contributed by atoms with van der Waals surface area (Å²) in [7, 11) is -0.308. The highest BCUT2D eigenvalue weighted by molar-refractivity contribution is 6.78. The number of hydrogen-bond acceptors (Lipinski definition) is 4. The van der Waals surface area contributed by atoms with Crippen molar-refractivity contribution >= 4 is 8.32 Å². The van der Waals surface area contributed by atoms with Gasteiger partial charge >= 0.3 is 0 Å². The van der Waals surface area contributed by atoms with Crippen molar-refractivity contribution in [2.75, 3.05) is 7.11 Å². The lowest BCUT2D eigenvalue weighted by Crippen LogP contribution is -2.50. The largest absolute Gasteiger partial charge is 0.543 e. The smallest absolute Gasteiger partial charge is 0.258 e. The van der Waals surface area contributed by atoms with Crippen LogP contribution in [0.25, 0.3) is 11.3 Å². The molecule has 0 atom stereocenters. The zero-order chi connectivity index (χ0) is 19.5. The minimum absolute atomic E-state index is 0.524. The average Bonchev–Trinajstić information content (AvgIpc) is 2.59. The van der Waals surface area contributed by atoms with E-state index in [1.54, 1.807) is 19.5 Å². The summed E-state index contributed by atoms with van der Waals surface area (Å²) in [5, 5.41) is 0. The number of ether oxygens (including phenoxy) is 1. The van der Waals surface area contributed by atoms with E-state index in [1.807, 2.05) is 25.1 Å². The molecule has 1 aromatic heterocycles. The Bertz CT molecular complexity index is 723. The molecule has 2 aromatic rings. The minimum atomic E-state index is -2.00. The molecule has 0 aliphatic heterocycles. The fourth-order valence-corrected chi connectivity index (χ4v) is 9.40. The maximum Gasteiger partial charge on any atom is 0.258 e. The Morgan fingerprint density at radius 3 is 1.96 bits per heavy atom. The molecule has 1 aromatic carbocycles. The maximum atomic E-state index is 6.77. The van der Waals surface area contributed by atoms with Gasteiger partial charge in [0, 0.05) is 24.0 Å². The third kappa shape index (κ3) is 3.77. The number of methoxy groups -OCH3 is 1. The molecule has 2 rings (SSSR count). The van der Waals surface area contributed by atoms with Crippen LogP contribution in [0, 0.1) is 6.92 Å². The second-order valence-electron chi connectivity index (χ2n) is 7.77. The number of rotatable bonds is 7. The summed E-state index contributed by atoms with van der Waals surface area (Å²) in [5.74, 6) is 1.65. The highest BCUT2D eigenvalue weighted by atomic mass is 28.4. The first-order valence-corrected chi connectivity index (χ1v) is 11.5. The van der Waals surface area contributed by atoms with Crippen molar-refractivity contribution in [2.45, 2.75) is 65.1 Å². The van der Waals surface area contributed by atoms with Gasteiger partial charge in [0.2, 0.25) is 0 Å². The van der Waals surface area contributed by atoms with Crippen molar-refractivity contribution in [2.24, 2.45) is 0 Å². The van der Waals surface area contributed by atoms with Gasteiger partial charge in [-0.2, -0.15) is 0 Å². The van der Waals surface area contributed by atoms with Crippen LogP contribution in [0.1, 0.15) is 47.2 Å². The summed E-state index contributed by atoms with van der Waals surface area (Å²) >= 11 is 0. The van der Waals surface area contributed by atoms with E-state index in [4.69, 9.17) is 9.16 Å². The van der Waals surface area contributed by atoms with Crippen molar-refractivity contribution < 1.29 is 9.16 Å². The number of hydrogen-bond donors (Lipinski definition) is 0. The summed E-state index contributed by atoms with van der Waals surface area (Å²) in [6, 6.07) is 6.07. The van der Waals surface area contributed by atoms with Gasteiger partial charge in [-0.1, -0.05) is 41.5 Å². The molecule has 0 fully saturated rings. The minimum Gasteiger partial charge on any atom is -0.543 e. The van der Waals surface area contributed by atoms with Crippen LogP contribution in [-0.4, -0.2) is 25.4 Å². The van der Waals surface area contributed by atoms with E-state index in [0.29, 0.717) is 16.6 Å². The quantitative estimate of drug-likeness (QED) is 0.558. The Balaban J connectivity index is 2.48. The molecule has 0 radical (unpaired) electrons. The second-order valence-corrected chi connectivity index (χ2v) is 13.1. The second kappa shape index (κ2) is 8.21. The van der Waals surface area contributed by atoms with E-state index in [-0.39, 0.29) is 0 Å². The van der Waals surface area contributed by atoms with Crippen LogP contribution in [0.3, 0.4) is 0 Å². The first-order valence-electron chi connectivity index (χ1n) is 9.39. The van der Waals surface area contributed by atoms with E-state index < -0.39 is 8.32 Å². The number of nitrogens with zero attached hydrogens (tertiary/aromatic N) is 2. The highest BCUT2D eigenvalue weighted by Crippen LogP contribution is 2.44. The molecule has 26 heavy (non-hydrogen) atoms. The lowest BCUT2D eigenvalue weighted by molar-refractivity contribution is 0.411. The standard InChI is InChI=1S/C21H32N2O2Si/c1-14(2)26(15(3)4,16(5)6)25-18-9-10-19(20(13-18)24-8)21-17(7)22-11-12-23-21/h9-16H,1-8H3. The Morgan fingerprint density at radius 1 is 0.885 bits per heavy atom. The lowest BCUT2D eigenvalue weighted by atomic mass is 10.1. The molecule has 0 spiro atoms. The van der Waals surface area contributed by atoms with Gasteiger partial charge in [-0.15, -0.1) is 0 Å². The Kier molecular flexibility index (Phi) is 6.45. The predicted octanol–water partition coefficient (Wildman–Crippen LogP) is 6.01. The third-order valence-corrected chi connectivity index (χ3v) is 11.3. The summed E-state index contributed by atoms with van der Waals surface area (Å²) in [6.45, 7) is 15.7. The van der Waals surface area contributed by atoms with Crippen molar-refractivity contribution in [3.8, 4) is 22.8 Å². The predicted molar refractivity (Wildman–Crippen MR) is 110 cm³/mol. The fourth-order valence-electron chi connectivity index (χ4n) is 4.16. The molecule has 0 unspecified atom stereocenters. The van der Waals surface area contributed by atoms with Crippen molar-refractivity contribution in [1.29, 1.82) is 0 Å². The summed E-state index contributed by atoms with van der Waals surface area (Å²) in [5.41, 5.74) is 4.24. The normalized spacial score (nSPS) is 12.1. The van der Waals surface area contributed by atoms with Crippen LogP contribution in [0.5, 0.6) is 11.5 Å². The molecule has 4 nitrogen and oxygen atoms in total. The van der Waals surface area contributed by atoms with E-state index >= 15 is 0 Å². The lowest BCUT2D eigenvalue weighted by Gasteiger charge is -2.42. The molecular formula is C21H32N2O2Si. The zero-order valence-electron chi connectivity index (χ0n) is 17.3. The van der Waals surface area contributed by atoms with E-state index in [0.717, 1.165) is 28.5 Å². The SMILES string of the molecule is COc1cc(O[Si](C(C)C)(C(C)C)C(C)C)ccc1-c1nccnc1C. The number of benzene rings is 1. The number of aromatic nitrogens is 2. The number of aryl methyl sites for hydroxylation is 1. The molecule has 0 saturated heterocycles. The molecule has 0 N–H and O–H groups in total. The molecule has 5 heteroatoms. The first kappa shape index (κ1) is 20.4. The van der Waals surface area contributed by atoms with E-state index in [9.17, 15) is 0 Å². The van der Waals surface area contributed by atoms with E-state index in [2.05, 4.69) is 51.5 Å². The topological polar surface area (TPSA) is 44.2 Å². The van der Waals surface area contributed by atoms with Crippen LogP contribution >= 0.6 is 0 Å². The average molecular weight is 373 g/mol. The van der Waals surface area contributed by atoms with Gasteiger partial charge < -0.3 is 9.16 Å². The van der Waals surface area contributed by atoms with Gasteiger partial charge in [-0.05, 0) is 35.7 Å². The Labute approximate surface area is 159 Å². The molecular weight excluding hydrogens is 340 g/mol. The zero-order valence-corrected chi connectivity index (χ0v) is 18.3. The summed E-state index contributed by atoms with van der Waals surface area (Å²) in [6.07, 6.45) is 3.41. The fraction of sp³-hybridized carbons (Fsp3) is 0.524. The van der Waals surface area contributed by atoms with Crippen LogP contribution < -0.4 is 9.16 Å². The van der Waals surface area contributed by atoms with Crippen molar-refractivity contribution in [1.82, 2.24) is 9.97 Å². The van der Waals surface area contributed by atoms with Gasteiger partial charge in [0.05, 0.1) is 18.5 Å². The van der Waals surface area contributed by atoms with Gasteiger partial charge in [-0.25, -0.2) is 0 Å². The van der Waals surface area contributed by atoms with E-state index in [1.165, 1.54) is 0 Å². The summed E-state index contributed by atoms with van der Waals surface area (Å²) in [4.78, 5) is 8.81. The molecule has 1 heterocycles. The molecule has 0 aliphatic carbocycles. The van der Waals surface area contributed by atoms with Crippen molar-refractivity contribution in [3.63, 3.8) is 0 Å². The monoisotopic (exact) mass is 372 g/mol. The van der Waals surface area contributed by atoms with Crippen LogP contribution in [0.2, 0.25) is 16.6 Å². The molecule has 0 aliphatic rings. The third-order valence-electron chi connectivity index (χ3n) is 5.31. The Morgan fingerprint density at radius 2 is 1.46 bits per heavy atom. The van der Waals surface area contributed by atoms with Gasteiger partial charge in [0.15, 0.2) is 0 Å². The molecule has 142 valence electrons.